The molecule has 0 bridgehead atoms. The molecule has 0 heterocycles. The van der Waals surface area contributed by atoms with Crippen LogP contribution in [-0.4, -0.2) is 0 Å². The molecule has 0 aliphatic heterocycles. The van der Waals surface area contributed by atoms with Gasteiger partial charge in [-0.1, -0.05) is 0 Å². The molecule has 0 N–H and O–H groups in total. The van der Waals surface area contributed by atoms with Crippen molar-refractivity contribution in [2.75, 3.05) is 0 Å². The van der Waals surface area contributed by atoms with Gasteiger partial charge in [-0.2, -0.15) is 0 Å². The molecule has 0 amide bonds. The van der Waals surface area contributed by atoms with Crippen molar-refractivity contribution in [2.24, 2.45) is 0 Å². The fraction of sp³-hybridized carbons (Fsp3) is 0. The van der Waals surface area contributed by atoms with Gasteiger partial charge in [-0.15, -0.1) is 24.0 Å². The molecule has 0 aromatic carbocycles. The minimum atomic E-state index is -1.38. The van der Waals surface area contributed by atoms with E-state index < -0.39 is 15.3 Å². The summed E-state index contributed by atoms with van der Waals surface area (Å²) in [4.78, 5) is 0. The molecule has 0 unspecified atom stereocenters. The van der Waals surface area contributed by atoms with Gasteiger partial charge in [0.05, 0.1) is 0 Å². The van der Waals surface area contributed by atoms with Crippen LogP contribution in [0.2, 0.25) is 0 Å². The van der Waals surface area contributed by atoms with Crippen LogP contribution in [0.15, 0.2) is 0 Å². The monoisotopic (exact) mass is 224 g/mol. The summed E-state index contributed by atoms with van der Waals surface area (Å²) in [6.45, 7) is 0. The van der Waals surface area contributed by atoms with Gasteiger partial charge in [0, 0.05) is 0 Å². The first kappa shape index (κ1) is 8.92. The molecule has 4 heavy (non-hydrogen) atoms. The molecule has 0 aliphatic rings. The third kappa shape index (κ3) is 11.4. The van der Waals surface area contributed by atoms with Crippen molar-refractivity contribution in [2.45, 2.75) is 0 Å². The first-order valence-corrected chi connectivity index (χ1v) is 0.986. The molecule has 0 aliphatic carbocycles. The van der Waals surface area contributed by atoms with Crippen LogP contribution in [0.25, 0.3) is 0 Å². The van der Waals surface area contributed by atoms with Gasteiger partial charge in [-0.3, -0.25) is 0 Å². The molecule has 0 fully saturated rings. The van der Waals surface area contributed by atoms with Crippen molar-refractivity contribution in [1.29, 1.82) is 0 Å². The third-order valence-corrected chi connectivity index (χ3v) is 0. The third-order valence-electron chi connectivity index (χ3n) is 0. The van der Waals surface area contributed by atoms with Gasteiger partial charge in [0.2, 0.25) is 0 Å². The maximum absolute atomic E-state index is 9.56. The SMILES string of the molecule is I.[F][Ni][F]. The minimum absolute atomic E-state index is 0. The molecular weight excluding hydrogens is 224 g/mol. The van der Waals surface area contributed by atoms with Crippen LogP contribution in [0, 0.1) is 0 Å². The Morgan fingerprint density at radius 1 is 1.25 bits per heavy atom. The molecular formula is HF2INi. The van der Waals surface area contributed by atoms with E-state index in [9.17, 15) is 7.21 Å². The summed E-state index contributed by atoms with van der Waals surface area (Å²) in [7, 11) is 0. The van der Waals surface area contributed by atoms with E-state index in [4.69, 9.17) is 0 Å². The molecule has 32 valence electrons. The van der Waals surface area contributed by atoms with Gasteiger partial charge in [0.1, 0.15) is 0 Å². The van der Waals surface area contributed by atoms with E-state index in [2.05, 4.69) is 0 Å². The van der Waals surface area contributed by atoms with Crippen LogP contribution in [0.5, 0.6) is 0 Å². The van der Waals surface area contributed by atoms with E-state index in [0.29, 0.717) is 0 Å². The fourth-order valence-electron chi connectivity index (χ4n) is 0. The molecule has 4 heteroatoms. The van der Waals surface area contributed by atoms with E-state index >= 15 is 0 Å². The first-order valence-electron chi connectivity index (χ1n) is 0.239. The Labute approximate surface area is 46.7 Å². The van der Waals surface area contributed by atoms with Crippen molar-refractivity contribution in [3.8, 4) is 0 Å². The van der Waals surface area contributed by atoms with Crippen molar-refractivity contribution < 1.29 is 22.5 Å². The summed E-state index contributed by atoms with van der Waals surface area (Å²) < 4.78 is 19.1. The maximum atomic E-state index is 9.56. The fourth-order valence-corrected chi connectivity index (χ4v) is 0. The Hall–Kier alpha value is 1.08. The van der Waals surface area contributed by atoms with Crippen LogP contribution < -0.4 is 0 Å². The van der Waals surface area contributed by atoms with Gasteiger partial charge >= 0.3 is 22.5 Å². The molecule has 0 saturated heterocycles. The van der Waals surface area contributed by atoms with Gasteiger partial charge in [-0.05, 0) is 0 Å². The number of rotatable bonds is 0. The Morgan fingerprint density at radius 2 is 1.25 bits per heavy atom. The van der Waals surface area contributed by atoms with Gasteiger partial charge in [-0.25, -0.2) is 0 Å². The van der Waals surface area contributed by atoms with Gasteiger partial charge in [0.15, 0.2) is 0 Å². The Bertz CT molecular complexity index is 6.00. The Kier molecular flexibility index (Phi) is 19.9. The molecule has 0 atom stereocenters. The Balaban J connectivity index is 0. The molecule has 0 aromatic heterocycles. The van der Waals surface area contributed by atoms with E-state index in [1.807, 2.05) is 0 Å². The zero-order chi connectivity index (χ0) is 2.71. The molecule has 0 nitrogen and oxygen atoms in total. The van der Waals surface area contributed by atoms with Crippen molar-refractivity contribution in [3.63, 3.8) is 0 Å². The molecule has 0 aromatic rings. The van der Waals surface area contributed by atoms with E-state index in [0.717, 1.165) is 0 Å². The van der Waals surface area contributed by atoms with E-state index in [1.165, 1.54) is 0 Å². The number of halogens is 3. The molecule has 0 radical (unpaired) electrons. The van der Waals surface area contributed by atoms with Crippen LogP contribution in [0.3, 0.4) is 0 Å². The summed E-state index contributed by atoms with van der Waals surface area (Å²) in [6, 6.07) is 0. The summed E-state index contributed by atoms with van der Waals surface area (Å²) in [5.41, 5.74) is 0. The second-order valence-electron chi connectivity index (χ2n) is 0.0452. The average molecular weight is 225 g/mol. The second-order valence-corrected chi connectivity index (χ2v) is 0.186. The van der Waals surface area contributed by atoms with Crippen LogP contribution in [0.1, 0.15) is 0 Å². The van der Waals surface area contributed by atoms with Crippen LogP contribution in [0.4, 0.5) is 7.21 Å². The zero-order valence-corrected chi connectivity index (χ0v) is 4.80. The summed E-state index contributed by atoms with van der Waals surface area (Å²) in [6.07, 6.45) is 0. The Morgan fingerprint density at radius 3 is 1.25 bits per heavy atom. The van der Waals surface area contributed by atoms with Gasteiger partial charge in [0.25, 0.3) is 0 Å². The number of hydrogen-bond acceptors (Lipinski definition) is 0. The standard InChI is InChI=1S/2FH.HI.Ni/h3*1H;/q;;;+2/p-2. The average Bonchev–Trinajstić information content (AvgIpc) is 0.918. The van der Waals surface area contributed by atoms with E-state index in [1.54, 1.807) is 0 Å². The van der Waals surface area contributed by atoms with Crippen molar-refractivity contribution >= 4 is 24.0 Å². The predicted molar refractivity (Wildman–Crippen MR) is 17.6 cm³/mol. The van der Waals surface area contributed by atoms with Crippen molar-refractivity contribution in [3.05, 3.63) is 0 Å². The second kappa shape index (κ2) is 8.94. The molecule has 0 rings (SSSR count). The molecule has 0 spiro atoms. The predicted octanol–water partition coefficient (Wildman–Crippen LogP) is 1.46. The summed E-state index contributed by atoms with van der Waals surface area (Å²) >= 11 is -1.38. The van der Waals surface area contributed by atoms with Gasteiger partial charge < -0.3 is 0 Å². The van der Waals surface area contributed by atoms with E-state index in [-0.39, 0.29) is 24.0 Å². The topological polar surface area (TPSA) is 0 Å². The quantitative estimate of drug-likeness (QED) is 0.432. The van der Waals surface area contributed by atoms with Crippen molar-refractivity contribution in [1.82, 2.24) is 0 Å². The summed E-state index contributed by atoms with van der Waals surface area (Å²) in [5.74, 6) is 0. The number of hydrogen-bond donors (Lipinski definition) is 0. The summed E-state index contributed by atoms with van der Waals surface area (Å²) in [5, 5.41) is 0. The van der Waals surface area contributed by atoms with Crippen LogP contribution in [-0.2, 0) is 15.3 Å². The zero-order valence-electron chi connectivity index (χ0n) is 1.48. The normalized spacial score (nSPS) is 5.50. The first-order chi connectivity index (χ1) is 1.41. The molecule has 0 saturated carbocycles. The van der Waals surface area contributed by atoms with Crippen LogP contribution >= 0.6 is 24.0 Å².